The number of amides is 2. The zero-order valence-electron chi connectivity index (χ0n) is 9.60. The molecule has 0 saturated heterocycles. The molecule has 0 fully saturated rings. The van der Waals surface area contributed by atoms with Gasteiger partial charge < -0.3 is 4.90 Å². The number of nitrogens with zero attached hydrogens (tertiary/aromatic N) is 2. The van der Waals surface area contributed by atoms with Gasteiger partial charge >= 0.3 is 11.8 Å². The van der Waals surface area contributed by atoms with Gasteiger partial charge in [-0.05, 0) is 12.1 Å². The minimum absolute atomic E-state index is 0.571. The minimum Gasteiger partial charge on any atom is -0.341 e. The van der Waals surface area contributed by atoms with E-state index in [9.17, 15) is 9.59 Å². The molecule has 1 N–H and O–H groups in total. The first kappa shape index (κ1) is 12.2. The van der Waals surface area contributed by atoms with Crippen LogP contribution in [0.15, 0.2) is 30.3 Å². The van der Waals surface area contributed by atoms with Crippen LogP contribution < -0.4 is 10.4 Å². The lowest BCUT2D eigenvalue weighted by Crippen LogP contribution is -2.48. The Hall–Kier alpha value is -1.88. The summed E-state index contributed by atoms with van der Waals surface area (Å²) in [4.78, 5) is 24.5. The summed E-state index contributed by atoms with van der Waals surface area (Å²) in [6.07, 6.45) is 0. The highest BCUT2D eigenvalue weighted by molar-refractivity contribution is 6.39. The maximum absolute atomic E-state index is 11.8. The van der Waals surface area contributed by atoms with Gasteiger partial charge in [0, 0.05) is 21.1 Å². The van der Waals surface area contributed by atoms with E-state index in [1.165, 1.54) is 9.91 Å². The predicted octanol–water partition coefficient (Wildman–Crippen LogP) is 0.242. The number of anilines is 1. The summed E-state index contributed by atoms with van der Waals surface area (Å²) in [5, 5.41) is 1.21. The van der Waals surface area contributed by atoms with Gasteiger partial charge in [-0.3, -0.25) is 9.59 Å². The average molecular weight is 221 g/mol. The molecule has 0 atom stereocenters. The highest BCUT2D eigenvalue weighted by Gasteiger charge is 2.23. The fourth-order valence-electron chi connectivity index (χ4n) is 1.21. The van der Waals surface area contributed by atoms with E-state index in [2.05, 4.69) is 5.43 Å². The van der Waals surface area contributed by atoms with Crippen LogP contribution in [-0.2, 0) is 9.59 Å². The third kappa shape index (κ3) is 2.58. The SMILES string of the molecule is CNN(C(=O)C(=O)N(C)C)c1ccccc1. The molecule has 0 aromatic heterocycles. The quantitative estimate of drug-likeness (QED) is 0.575. The summed E-state index contributed by atoms with van der Waals surface area (Å²) < 4.78 is 0. The number of carbonyl (C=O) groups is 2. The van der Waals surface area contributed by atoms with Gasteiger partial charge in [0.2, 0.25) is 0 Å². The van der Waals surface area contributed by atoms with Gasteiger partial charge in [-0.2, -0.15) is 0 Å². The lowest BCUT2D eigenvalue weighted by atomic mass is 10.3. The van der Waals surface area contributed by atoms with Crippen LogP contribution >= 0.6 is 0 Å². The number of hydrogen-bond acceptors (Lipinski definition) is 3. The van der Waals surface area contributed by atoms with Crippen LogP contribution in [0.5, 0.6) is 0 Å². The topological polar surface area (TPSA) is 52.7 Å². The fraction of sp³-hybridized carbons (Fsp3) is 0.273. The Kier molecular flexibility index (Phi) is 4.02. The molecule has 1 aromatic carbocycles. The lowest BCUT2D eigenvalue weighted by Gasteiger charge is -2.22. The predicted molar refractivity (Wildman–Crippen MR) is 61.7 cm³/mol. The van der Waals surface area contributed by atoms with Crippen LogP contribution in [0.1, 0.15) is 0 Å². The van der Waals surface area contributed by atoms with Crippen LogP contribution in [0.3, 0.4) is 0 Å². The van der Waals surface area contributed by atoms with Crippen LogP contribution in [-0.4, -0.2) is 37.9 Å². The number of carbonyl (C=O) groups excluding carboxylic acids is 2. The Bertz CT molecular complexity index is 376. The zero-order valence-corrected chi connectivity index (χ0v) is 9.60. The molecule has 16 heavy (non-hydrogen) atoms. The molecule has 0 unspecified atom stereocenters. The van der Waals surface area contributed by atoms with Gasteiger partial charge in [0.1, 0.15) is 0 Å². The number of hydrogen-bond donors (Lipinski definition) is 1. The van der Waals surface area contributed by atoms with Gasteiger partial charge in [0.05, 0.1) is 5.69 Å². The number of benzene rings is 1. The third-order valence-corrected chi connectivity index (χ3v) is 2.03. The molecule has 0 heterocycles. The van der Waals surface area contributed by atoms with Crippen molar-refractivity contribution in [2.45, 2.75) is 0 Å². The largest absolute Gasteiger partial charge is 0.341 e. The standard InChI is InChI=1S/C11H15N3O2/c1-12-14(9-7-5-4-6-8-9)11(16)10(15)13(2)3/h4-8,12H,1-3H3. The molecule has 5 heteroatoms. The molecule has 0 radical (unpaired) electrons. The Morgan fingerprint density at radius 3 is 2.06 bits per heavy atom. The van der Waals surface area contributed by atoms with Gasteiger partial charge in [0.25, 0.3) is 0 Å². The summed E-state index contributed by atoms with van der Waals surface area (Å²) in [5.41, 5.74) is 3.32. The minimum atomic E-state index is -0.612. The summed E-state index contributed by atoms with van der Waals surface area (Å²) in [5.74, 6) is -1.18. The van der Waals surface area contributed by atoms with Crippen molar-refractivity contribution in [2.75, 3.05) is 26.2 Å². The molecule has 5 nitrogen and oxygen atoms in total. The average Bonchev–Trinajstić information content (AvgIpc) is 2.30. The van der Waals surface area contributed by atoms with E-state index in [0.29, 0.717) is 5.69 Å². The van der Waals surface area contributed by atoms with Gasteiger partial charge in [-0.15, -0.1) is 0 Å². The first-order valence-electron chi connectivity index (χ1n) is 4.86. The Balaban J connectivity index is 2.92. The van der Waals surface area contributed by atoms with Crippen LogP contribution in [0, 0.1) is 0 Å². The molecule has 86 valence electrons. The van der Waals surface area contributed by atoms with Crippen LogP contribution in [0.2, 0.25) is 0 Å². The van der Waals surface area contributed by atoms with E-state index < -0.39 is 11.8 Å². The highest BCUT2D eigenvalue weighted by Crippen LogP contribution is 2.11. The van der Waals surface area contributed by atoms with E-state index in [1.807, 2.05) is 6.07 Å². The van der Waals surface area contributed by atoms with E-state index in [1.54, 1.807) is 45.4 Å². The molecule has 0 spiro atoms. The monoisotopic (exact) mass is 221 g/mol. The van der Waals surface area contributed by atoms with Crippen molar-refractivity contribution in [3.05, 3.63) is 30.3 Å². The molecular weight excluding hydrogens is 206 g/mol. The van der Waals surface area contributed by atoms with Crippen molar-refractivity contribution in [3.8, 4) is 0 Å². The second-order valence-corrected chi connectivity index (χ2v) is 3.40. The highest BCUT2D eigenvalue weighted by atomic mass is 16.2. The smallest absolute Gasteiger partial charge is 0.330 e. The van der Waals surface area contributed by atoms with Gasteiger partial charge in [-0.1, -0.05) is 18.2 Å². The number of likely N-dealkylation sites (N-methyl/N-ethyl adjacent to an activating group) is 1. The number of hydrazine groups is 1. The fourth-order valence-corrected chi connectivity index (χ4v) is 1.21. The molecular formula is C11H15N3O2. The number of rotatable bonds is 2. The van der Waals surface area contributed by atoms with Crippen molar-refractivity contribution in [1.29, 1.82) is 0 Å². The molecule has 2 amide bonds. The van der Waals surface area contributed by atoms with Gasteiger partial charge in [0.15, 0.2) is 0 Å². The lowest BCUT2D eigenvalue weighted by molar-refractivity contribution is -0.143. The van der Waals surface area contributed by atoms with E-state index in [-0.39, 0.29) is 0 Å². The molecule has 0 aliphatic rings. The second-order valence-electron chi connectivity index (χ2n) is 3.40. The zero-order chi connectivity index (χ0) is 12.1. The summed E-state index contributed by atoms with van der Waals surface area (Å²) in [6.45, 7) is 0. The summed E-state index contributed by atoms with van der Waals surface area (Å²) in [6, 6.07) is 8.93. The molecule has 0 saturated carbocycles. The van der Waals surface area contributed by atoms with E-state index >= 15 is 0 Å². The second kappa shape index (κ2) is 5.27. The van der Waals surface area contributed by atoms with Crippen molar-refractivity contribution < 1.29 is 9.59 Å². The molecule has 0 aliphatic carbocycles. The Labute approximate surface area is 94.6 Å². The number of para-hydroxylation sites is 1. The molecule has 1 rings (SSSR count). The Morgan fingerprint density at radius 2 is 1.62 bits per heavy atom. The van der Waals surface area contributed by atoms with E-state index in [0.717, 1.165) is 0 Å². The van der Waals surface area contributed by atoms with Crippen molar-refractivity contribution in [2.24, 2.45) is 0 Å². The maximum atomic E-state index is 11.8. The number of nitrogens with one attached hydrogen (secondary N) is 1. The van der Waals surface area contributed by atoms with Crippen molar-refractivity contribution in [1.82, 2.24) is 10.3 Å². The maximum Gasteiger partial charge on any atom is 0.330 e. The normalized spacial score (nSPS) is 9.69. The molecule has 1 aromatic rings. The molecule has 0 bridgehead atoms. The van der Waals surface area contributed by atoms with Crippen molar-refractivity contribution >= 4 is 17.5 Å². The molecule has 0 aliphatic heterocycles. The van der Waals surface area contributed by atoms with E-state index in [4.69, 9.17) is 0 Å². The summed E-state index contributed by atoms with van der Waals surface area (Å²) >= 11 is 0. The van der Waals surface area contributed by atoms with Gasteiger partial charge in [-0.25, -0.2) is 10.4 Å². The van der Waals surface area contributed by atoms with Crippen LogP contribution in [0.25, 0.3) is 0 Å². The third-order valence-electron chi connectivity index (χ3n) is 2.03. The Morgan fingerprint density at radius 1 is 1.06 bits per heavy atom. The van der Waals surface area contributed by atoms with Crippen molar-refractivity contribution in [3.63, 3.8) is 0 Å². The van der Waals surface area contributed by atoms with Crippen LogP contribution in [0.4, 0.5) is 5.69 Å². The first-order valence-corrected chi connectivity index (χ1v) is 4.86. The first-order chi connectivity index (χ1) is 7.57. The summed E-state index contributed by atoms with van der Waals surface area (Å²) in [7, 11) is 4.67.